The molecular formula is C15H20N2O2. The maximum atomic E-state index is 12.1. The van der Waals surface area contributed by atoms with Gasteiger partial charge in [-0.2, -0.15) is 0 Å². The molecule has 0 aliphatic carbocycles. The summed E-state index contributed by atoms with van der Waals surface area (Å²) in [6, 6.07) is 9.35. The molecule has 1 fully saturated rings. The third-order valence-corrected chi connectivity index (χ3v) is 3.59. The van der Waals surface area contributed by atoms with Crippen LogP contribution in [0.5, 0.6) is 0 Å². The van der Waals surface area contributed by atoms with Crippen molar-refractivity contribution in [3.8, 4) is 0 Å². The molecule has 2 atom stereocenters. The van der Waals surface area contributed by atoms with Crippen LogP contribution >= 0.6 is 0 Å². The van der Waals surface area contributed by atoms with Crippen LogP contribution in [-0.2, 0) is 9.59 Å². The molecule has 102 valence electrons. The first kappa shape index (κ1) is 13.6. The summed E-state index contributed by atoms with van der Waals surface area (Å²) < 4.78 is 0. The lowest BCUT2D eigenvalue weighted by Gasteiger charge is -2.39. The second kappa shape index (κ2) is 5.87. The van der Waals surface area contributed by atoms with Crippen LogP contribution < -0.4 is 5.32 Å². The maximum absolute atomic E-state index is 12.1. The van der Waals surface area contributed by atoms with E-state index in [0.29, 0.717) is 19.4 Å². The zero-order valence-electron chi connectivity index (χ0n) is 11.4. The fourth-order valence-electron chi connectivity index (χ4n) is 2.54. The summed E-state index contributed by atoms with van der Waals surface area (Å²) in [6.07, 6.45) is 1.09. The summed E-state index contributed by atoms with van der Waals surface area (Å²) in [4.78, 5) is 25.9. The van der Waals surface area contributed by atoms with E-state index in [0.717, 1.165) is 5.56 Å². The zero-order chi connectivity index (χ0) is 13.8. The standard InChI is InChI=1S/C15H20N2O2/c1-3-13-15(19)16-12(10-17(13)14(18)4-2)11-8-6-5-7-9-11/h5-9,12-13H,3-4,10H2,1-2H3,(H,16,19). The number of amides is 2. The van der Waals surface area contributed by atoms with Gasteiger partial charge in [0, 0.05) is 13.0 Å². The van der Waals surface area contributed by atoms with Gasteiger partial charge in [0.25, 0.3) is 0 Å². The Balaban J connectivity index is 2.23. The average molecular weight is 260 g/mol. The molecule has 1 aromatic carbocycles. The molecule has 0 saturated carbocycles. The summed E-state index contributed by atoms with van der Waals surface area (Å²) in [5.74, 6) is -0.00738. The molecule has 2 amide bonds. The Hall–Kier alpha value is -1.84. The summed E-state index contributed by atoms with van der Waals surface area (Å²) in [5, 5.41) is 3.01. The monoisotopic (exact) mass is 260 g/mol. The highest BCUT2D eigenvalue weighted by atomic mass is 16.2. The minimum atomic E-state index is -0.326. The van der Waals surface area contributed by atoms with E-state index in [2.05, 4.69) is 5.32 Å². The fraction of sp³-hybridized carbons (Fsp3) is 0.467. The molecule has 1 aliphatic rings. The van der Waals surface area contributed by atoms with E-state index in [1.807, 2.05) is 44.2 Å². The van der Waals surface area contributed by atoms with Gasteiger partial charge in [0.05, 0.1) is 6.04 Å². The lowest BCUT2D eigenvalue weighted by Crippen LogP contribution is -2.57. The highest BCUT2D eigenvalue weighted by Crippen LogP contribution is 2.22. The molecule has 0 aromatic heterocycles. The molecule has 19 heavy (non-hydrogen) atoms. The van der Waals surface area contributed by atoms with Crippen molar-refractivity contribution in [2.24, 2.45) is 0 Å². The van der Waals surface area contributed by atoms with Crippen LogP contribution in [0.3, 0.4) is 0 Å². The van der Waals surface area contributed by atoms with E-state index in [1.54, 1.807) is 4.90 Å². The van der Waals surface area contributed by atoms with Crippen molar-refractivity contribution >= 4 is 11.8 Å². The first-order chi connectivity index (χ1) is 9.17. The minimum Gasteiger partial charge on any atom is -0.346 e. The summed E-state index contributed by atoms with van der Waals surface area (Å²) in [5.41, 5.74) is 1.04. The summed E-state index contributed by atoms with van der Waals surface area (Å²) >= 11 is 0. The van der Waals surface area contributed by atoms with E-state index in [-0.39, 0.29) is 23.9 Å². The second-order valence-electron chi connectivity index (χ2n) is 4.80. The van der Waals surface area contributed by atoms with Crippen molar-refractivity contribution < 1.29 is 9.59 Å². The van der Waals surface area contributed by atoms with Crippen LogP contribution in [0, 0.1) is 0 Å². The minimum absolute atomic E-state index is 0.0441. The van der Waals surface area contributed by atoms with Crippen molar-refractivity contribution in [1.82, 2.24) is 10.2 Å². The number of hydrogen-bond acceptors (Lipinski definition) is 2. The molecule has 1 heterocycles. The van der Waals surface area contributed by atoms with E-state index in [1.165, 1.54) is 0 Å². The van der Waals surface area contributed by atoms with Crippen LogP contribution in [0.25, 0.3) is 0 Å². The molecule has 4 heteroatoms. The lowest BCUT2D eigenvalue weighted by atomic mass is 10.00. The van der Waals surface area contributed by atoms with Gasteiger partial charge in [0.2, 0.25) is 11.8 Å². The van der Waals surface area contributed by atoms with Crippen LogP contribution in [0.2, 0.25) is 0 Å². The van der Waals surface area contributed by atoms with Gasteiger partial charge in [-0.05, 0) is 12.0 Å². The van der Waals surface area contributed by atoms with Crippen molar-refractivity contribution in [3.05, 3.63) is 35.9 Å². The zero-order valence-corrected chi connectivity index (χ0v) is 11.4. The second-order valence-corrected chi connectivity index (χ2v) is 4.80. The van der Waals surface area contributed by atoms with Gasteiger partial charge in [0.1, 0.15) is 6.04 Å². The maximum Gasteiger partial charge on any atom is 0.243 e. The van der Waals surface area contributed by atoms with E-state index in [4.69, 9.17) is 0 Å². The normalized spacial score (nSPS) is 23.1. The molecule has 4 nitrogen and oxygen atoms in total. The fourth-order valence-corrected chi connectivity index (χ4v) is 2.54. The van der Waals surface area contributed by atoms with Crippen molar-refractivity contribution in [3.63, 3.8) is 0 Å². The van der Waals surface area contributed by atoms with E-state index in [9.17, 15) is 9.59 Å². The molecular weight excluding hydrogens is 240 g/mol. The Bertz CT molecular complexity index is 458. The molecule has 1 saturated heterocycles. The molecule has 2 unspecified atom stereocenters. The van der Waals surface area contributed by atoms with Crippen LogP contribution in [0.4, 0.5) is 0 Å². The van der Waals surface area contributed by atoms with Gasteiger partial charge in [0.15, 0.2) is 0 Å². The van der Waals surface area contributed by atoms with Crippen LogP contribution in [0.1, 0.15) is 38.3 Å². The Morgan fingerprint density at radius 3 is 2.58 bits per heavy atom. The Labute approximate surface area is 113 Å². The Morgan fingerprint density at radius 1 is 1.32 bits per heavy atom. The number of hydrogen-bond donors (Lipinski definition) is 1. The molecule has 0 spiro atoms. The average Bonchev–Trinajstić information content (AvgIpc) is 2.46. The quantitative estimate of drug-likeness (QED) is 0.902. The van der Waals surface area contributed by atoms with Crippen molar-refractivity contribution in [2.75, 3.05) is 6.54 Å². The lowest BCUT2D eigenvalue weighted by molar-refractivity contribution is -0.144. The smallest absolute Gasteiger partial charge is 0.243 e. The predicted octanol–water partition coefficient (Wildman–Crippen LogP) is 1.87. The summed E-state index contributed by atoms with van der Waals surface area (Å²) in [7, 11) is 0. The third kappa shape index (κ3) is 2.78. The molecule has 0 bridgehead atoms. The number of carbonyl (C=O) groups excluding carboxylic acids is 2. The summed E-state index contributed by atoms with van der Waals surface area (Å²) in [6.45, 7) is 4.32. The van der Waals surface area contributed by atoms with Gasteiger partial charge in [-0.15, -0.1) is 0 Å². The number of nitrogens with one attached hydrogen (secondary N) is 1. The highest BCUT2D eigenvalue weighted by Gasteiger charge is 2.35. The number of benzene rings is 1. The topological polar surface area (TPSA) is 49.4 Å². The predicted molar refractivity (Wildman–Crippen MR) is 73.4 cm³/mol. The molecule has 0 radical (unpaired) electrons. The van der Waals surface area contributed by atoms with Gasteiger partial charge >= 0.3 is 0 Å². The SMILES string of the molecule is CCC(=O)N1CC(c2ccccc2)NC(=O)C1CC. The molecule has 1 aromatic rings. The number of nitrogens with zero attached hydrogens (tertiary/aromatic N) is 1. The Kier molecular flexibility index (Phi) is 4.20. The van der Waals surface area contributed by atoms with Crippen LogP contribution in [0.15, 0.2) is 30.3 Å². The van der Waals surface area contributed by atoms with Crippen LogP contribution in [-0.4, -0.2) is 29.3 Å². The molecule has 1 aliphatic heterocycles. The number of carbonyl (C=O) groups is 2. The number of piperazine rings is 1. The third-order valence-electron chi connectivity index (χ3n) is 3.59. The van der Waals surface area contributed by atoms with E-state index < -0.39 is 0 Å². The molecule has 2 rings (SSSR count). The number of rotatable bonds is 3. The first-order valence-corrected chi connectivity index (χ1v) is 6.82. The van der Waals surface area contributed by atoms with Crippen molar-refractivity contribution in [2.45, 2.75) is 38.8 Å². The van der Waals surface area contributed by atoms with Crippen molar-refractivity contribution in [1.29, 1.82) is 0 Å². The Morgan fingerprint density at radius 2 is 2.00 bits per heavy atom. The largest absolute Gasteiger partial charge is 0.346 e. The van der Waals surface area contributed by atoms with E-state index >= 15 is 0 Å². The van der Waals surface area contributed by atoms with Gasteiger partial charge in [-0.1, -0.05) is 44.2 Å². The highest BCUT2D eigenvalue weighted by molar-refractivity contribution is 5.89. The van der Waals surface area contributed by atoms with Gasteiger partial charge in [-0.25, -0.2) is 0 Å². The first-order valence-electron chi connectivity index (χ1n) is 6.82. The van der Waals surface area contributed by atoms with Gasteiger partial charge < -0.3 is 10.2 Å². The van der Waals surface area contributed by atoms with Gasteiger partial charge in [-0.3, -0.25) is 9.59 Å². The molecule has 1 N–H and O–H groups in total.